The molecule has 1 aromatic heterocycles. The molecule has 1 aliphatic heterocycles. The van der Waals surface area contributed by atoms with Crippen LogP contribution in [0.25, 0.3) is 0 Å². The highest BCUT2D eigenvalue weighted by Crippen LogP contribution is 2.54. The number of hydrogen-bond donors (Lipinski definition) is 3. The zero-order chi connectivity index (χ0) is 28.5. The molecular weight excluding hydrogens is 549 g/mol. The van der Waals surface area contributed by atoms with Gasteiger partial charge in [-0.3, -0.25) is 9.36 Å². The van der Waals surface area contributed by atoms with Crippen LogP contribution in [0.4, 0.5) is 23.0 Å². The normalized spacial score (nSPS) is 15.7. The standard InChI is InChI=1S/C28H35ClN7O3P/c1-4-27(37)32-24-8-6-7-23(17-24)30-19-26-25(29)18-31-28(34-26)33-22-11-9-21(10-12-22)20-40(38,39-5-2)36-15-13-35(3)14-16-36/h4,6-12,17-18,30H,1,5,13-16,19-20H2,2-3H3,(H,32,37)(H,31,33,34). The summed E-state index contributed by atoms with van der Waals surface area (Å²) >= 11 is 6.36. The first-order chi connectivity index (χ1) is 19.3. The molecule has 2 aromatic carbocycles. The van der Waals surface area contributed by atoms with Crippen LogP contribution in [0.3, 0.4) is 0 Å². The molecule has 3 N–H and O–H groups in total. The van der Waals surface area contributed by atoms with Crippen LogP contribution in [-0.4, -0.2) is 65.3 Å². The predicted octanol–water partition coefficient (Wildman–Crippen LogP) is 5.59. The van der Waals surface area contributed by atoms with Gasteiger partial charge >= 0.3 is 0 Å². The van der Waals surface area contributed by atoms with Crippen molar-refractivity contribution in [3.8, 4) is 0 Å². The Bertz CT molecular complexity index is 1360. The summed E-state index contributed by atoms with van der Waals surface area (Å²) in [6.45, 7) is 9.32. The number of halogens is 1. The molecule has 212 valence electrons. The second kappa shape index (κ2) is 13.9. The van der Waals surface area contributed by atoms with Gasteiger partial charge in [-0.05, 0) is 55.9 Å². The molecule has 2 heterocycles. The van der Waals surface area contributed by atoms with Crippen molar-refractivity contribution in [3.05, 3.63) is 83.7 Å². The monoisotopic (exact) mass is 583 g/mol. The maximum atomic E-state index is 13.7. The van der Waals surface area contributed by atoms with Crippen LogP contribution in [0.2, 0.25) is 5.02 Å². The molecule has 1 fully saturated rings. The smallest absolute Gasteiger partial charge is 0.276 e. The van der Waals surface area contributed by atoms with Gasteiger partial charge in [0.05, 0.1) is 36.2 Å². The minimum atomic E-state index is -2.97. The van der Waals surface area contributed by atoms with Crippen molar-refractivity contribution < 1.29 is 13.9 Å². The molecule has 1 saturated heterocycles. The summed E-state index contributed by atoms with van der Waals surface area (Å²) in [6, 6.07) is 15.0. The van der Waals surface area contributed by atoms with Gasteiger partial charge in [0, 0.05) is 43.2 Å². The Balaban J connectivity index is 1.38. The maximum Gasteiger partial charge on any atom is 0.276 e. The van der Waals surface area contributed by atoms with Crippen molar-refractivity contribution in [1.82, 2.24) is 19.5 Å². The summed E-state index contributed by atoms with van der Waals surface area (Å²) in [7, 11) is -0.893. The number of nitrogens with one attached hydrogen (secondary N) is 3. The number of anilines is 4. The number of piperazine rings is 1. The summed E-state index contributed by atoms with van der Waals surface area (Å²) in [5.41, 5.74) is 3.79. The summed E-state index contributed by atoms with van der Waals surface area (Å²) < 4.78 is 21.6. The van der Waals surface area contributed by atoms with Crippen molar-refractivity contribution in [2.45, 2.75) is 19.6 Å². The van der Waals surface area contributed by atoms with Gasteiger partial charge in [-0.15, -0.1) is 0 Å². The van der Waals surface area contributed by atoms with Crippen molar-refractivity contribution >= 4 is 48.0 Å². The van der Waals surface area contributed by atoms with E-state index in [2.05, 4.69) is 44.4 Å². The van der Waals surface area contributed by atoms with E-state index in [4.69, 9.17) is 16.1 Å². The number of aromatic nitrogens is 2. The third-order valence-electron chi connectivity index (χ3n) is 6.43. The second-order valence-electron chi connectivity index (χ2n) is 9.41. The van der Waals surface area contributed by atoms with Crippen LogP contribution in [0.5, 0.6) is 0 Å². The molecule has 1 aliphatic rings. The molecule has 3 aromatic rings. The van der Waals surface area contributed by atoms with E-state index in [9.17, 15) is 9.36 Å². The zero-order valence-electron chi connectivity index (χ0n) is 22.8. The topological polar surface area (TPSA) is 112 Å². The lowest BCUT2D eigenvalue weighted by molar-refractivity contribution is -0.111. The zero-order valence-corrected chi connectivity index (χ0v) is 24.4. The SMILES string of the molecule is C=CC(=O)Nc1cccc(NCc2nc(Nc3ccc(CP(=O)(OCC)N4CCN(C)CC4)cc3)ncc2Cl)c1. The van der Waals surface area contributed by atoms with Gasteiger partial charge in [-0.1, -0.05) is 36.4 Å². The third kappa shape index (κ3) is 8.13. The van der Waals surface area contributed by atoms with Gasteiger partial charge in [0.15, 0.2) is 0 Å². The van der Waals surface area contributed by atoms with Gasteiger partial charge in [0.2, 0.25) is 11.9 Å². The van der Waals surface area contributed by atoms with E-state index in [1.54, 1.807) is 12.3 Å². The number of carbonyl (C=O) groups excluding carboxylic acids is 1. The highest BCUT2D eigenvalue weighted by molar-refractivity contribution is 7.55. The maximum absolute atomic E-state index is 13.7. The van der Waals surface area contributed by atoms with Crippen LogP contribution in [0.15, 0.2) is 67.4 Å². The number of amides is 1. The van der Waals surface area contributed by atoms with Gasteiger partial charge in [-0.2, -0.15) is 0 Å². The van der Waals surface area contributed by atoms with E-state index in [-0.39, 0.29) is 5.91 Å². The molecule has 0 aliphatic carbocycles. The summed E-state index contributed by atoms with van der Waals surface area (Å²) in [6.07, 6.45) is 3.13. The third-order valence-corrected chi connectivity index (χ3v) is 9.43. The van der Waals surface area contributed by atoms with Crippen LogP contribution in [-0.2, 0) is 26.6 Å². The fraction of sp³-hybridized carbons (Fsp3) is 0.321. The highest BCUT2D eigenvalue weighted by atomic mass is 35.5. The lowest BCUT2D eigenvalue weighted by Gasteiger charge is -2.37. The lowest BCUT2D eigenvalue weighted by Crippen LogP contribution is -2.43. The Labute approximate surface area is 240 Å². The first-order valence-corrected chi connectivity index (χ1v) is 15.2. The van der Waals surface area contributed by atoms with Crippen molar-refractivity contribution in [2.24, 2.45) is 0 Å². The first kappa shape index (κ1) is 29.7. The van der Waals surface area contributed by atoms with Gasteiger partial charge in [0.1, 0.15) is 0 Å². The predicted molar refractivity (Wildman–Crippen MR) is 161 cm³/mol. The number of rotatable bonds is 12. The van der Waals surface area contributed by atoms with Crippen molar-refractivity contribution in [2.75, 3.05) is 55.8 Å². The average molecular weight is 584 g/mol. The van der Waals surface area contributed by atoms with Gasteiger partial charge in [-0.25, -0.2) is 14.6 Å². The molecule has 10 nitrogen and oxygen atoms in total. The quantitative estimate of drug-likeness (QED) is 0.186. The summed E-state index contributed by atoms with van der Waals surface area (Å²) in [5.74, 6) is 0.122. The molecule has 0 spiro atoms. The molecule has 0 bridgehead atoms. The molecular formula is C28H35ClN7O3P. The van der Waals surface area contributed by atoms with Crippen LogP contribution >= 0.6 is 19.1 Å². The fourth-order valence-corrected chi connectivity index (χ4v) is 6.73. The van der Waals surface area contributed by atoms with Crippen molar-refractivity contribution in [1.29, 1.82) is 0 Å². The fourth-order valence-electron chi connectivity index (χ4n) is 4.26. The van der Waals surface area contributed by atoms with E-state index in [0.717, 1.165) is 43.1 Å². The summed E-state index contributed by atoms with van der Waals surface area (Å²) in [5, 5.41) is 9.64. The number of likely N-dealkylation sites (N-methyl/N-ethyl adjacent to an activating group) is 1. The molecule has 1 atom stereocenters. The number of hydrogen-bond acceptors (Lipinski definition) is 8. The Morgan fingerprint density at radius 2 is 1.85 bits per heavy atom. The number of nitrogens with zero attached hydrogens (tertiary/aromatic N) is 4. The number of benzene rings is 2. The largest absolute Gasteiger partial charge is 0.379 e. The minimum absolute atomic E-state index is 0.280. The molecule has 4 rings (SSSR count). The second-order valence-corrected chi connectivity index (χ2v) is 12.2. The van der Waals surface area contributed by atoms with E-state index in [0.29, 0.717) is 41.7 Å². The van der Waals surface area contributed by atoms with Crippen LogP contribution in [0.1, 0.15) is 18.2 Å². The molecule has 0 radical (unpaired) electrons. The molecule has 1 amide bonds. The molecule has 0 saturated carbocycles. The molecule has 1 unspecified atom stereocenters. The highest BCUT2D eigenvalue weighted by Gasteiger charge is 2.33. The Hall–Kier alpha value is -3.27. The molecule has 12 heteroatoms. The lowest BCUT2D eigenvalue weighted by atomic mass is 10.2. The summed E-state index contributed by atoms with van der Waals surface area (Å²) in [4.78, 5) is 22.7. The Kier molecular flexibility index (Phi) is 10.3. The Morgan fingerprint density at radius 1 is 1.12 bits per heavy atom. The number of carbonyl (C=O) groups is 1. The Morgan fingerprint density at radius 3 is 2.55 bits per heavy atom. The van der Waals surface area contributed by atoms with E-state index >= 15 is 0 Å². The van der Waals surface area contributed by atoms with E-state index in [1.165, 1.54) is 6.08 Å². The van der Waals surface area contributed by atoms with Gasteiger partial charge < -0.3 is 25.4 Å². The first-order valence-electron chi connectivity index (χ1n) is 13.1. The molecule has 40 heavy (non-hydrogen) atoms. The van der Waals surface area contributed by atoms with Crippen LogP contribution < -0.4 is 16.0 Å². The van der Waals surface area contributed by atoms with Crippen LogP contribution in [0, 0.1) is 0 Å². The van der Waals surface area contributed by atoms with E-state index in [1.807, 2.05) is 54.1 Å². The van der Waals surface area contributed by atoms with Gasteiger partial charge in [0.25, 0.3) is 7.52 Å². The average Bonchev–Trinajstić information content (AvgIpc) is 2.95. The van der Waals surface area contributed by atoms with E-state index < -0.39 is 7.52 Å². The minimum Gasteiger partial charge on any atom is -0.379 e. The van der Waals surface area contributed by atoms with Crippen molar-refractivity contribution in [3.63, 3.8) is 0 Å².